The highest BCUT2D eigenvalue weighted by molar-refractivity contribution is 7.09. The number of carbonyl (C=O) groups is 2. The van der Waals surface area contributed by atoms with Crippen LogP contribution in [0, 0.1) is 0 Å². The van der Waals surface area contributed by atoms with Gasteiger partial charge in [-0.25, -0.2) is 0 Å². The highest BCUT2D eigenvalue weighted by Gasteiger charge is 2.37. The van der Waals surface area contributed by atoms with E-state index in [1.165, 1.54) is 6.26 Å². The Balaban J connectivity index is 1.41. The second kappa shape index (κ2) is 11.2. The minimum Gasteiger partial charge on any atom is -0.467 e. The van der Waals surface area contributed by atoms with Crippen LogP contribution in [-0.2, 0) is 22.6 Å². The Bertz CT molecular complexity index is 1080. The zero-order chi connectivity index (χ0) is 24.0. The molecule has 1 atom stereocenters. The maximum Gasteiger partial charge on any atom is 0.290 e. The van der Waals surface area contributed by atoms with E-state index in [2.05, 4.69) is 10.2 Å². The molecule has 186 valence electrons. The Morgan fingerprint density at radius 1 is 1.11 bits per heavy atom. The number of carbonyl (C=O) groups excluding carboxylic acids is 2. The summed E-state index contributed by atoms with van der Waals surface area (Å²) in [5.74, 6) is 0.809. The van der Waals surface area contributed by atoms with Crippen LogP contribution in [0.1, 0.15) is 58.7 Å². The van der Waals surface area contributed by atoms with E-state index in [1.54, 1.807) is 34.4 Å². The summed E-state index contributed by atoms with van der Waals surface area (Å²) < 4.78 is 17.1. The molecule has 9 heteroatoms. The lowest BCUT2D eigenvalue weighted by molar-refractivity contribution is -0.127. The summed E-state index contributed by atoms with van der Waals surface area (Å²) in [5, 5.41) is 5.12. The van der Waals surface area contributed by atoms with Gasteiger partial charge in [0.1, 0.15) is 11.5 Å². The average Bonchev–Trinajstić information content (AvgIpc) is 3.68. The first-order chi connectivity index (χ1) is 17.2. The van der Waals surface area contributed by atoms with Crippen LogP contribution < -0.4 is 5.32 Å². The van der Waals surface area contributed by atoms with Crippen molar-refractivity contribution in [1.29, 1.82) is 0 Å². The molecule has 2 fully saturated rings. The fourth-order valence-electron chi connectivity index (χ4n) is 4.77. The number of ether oxygens (including phenoxy) is 1. The number of nitrogens with one attached hydrogen (secondary N) is 1. The maximum atomic E-state index is 13.8. The Morgan fingerprint density at radius 3 is 2.66 bits per heavy atom. The van der Waals surface area contributed by atoms with Gasteiger partial charge in [-0.2, -0.15) is 0 Å². The molecule has 8 nitrogen and oxygen atoms in total. The lowest BCUT2D eigenvalue weighted by atomic mass is 10.1. The van der Waals surface area contributed by atoms with Gasteiger partial charge in [0, 0.05) is 24.0 Å². The van der Waals surface area contributed by atoms with Gasteiger partial charge in [0.05, 0.1) is 32.6 Å². The number of thiophene rings is 1. The zero-order valence-corrected chi connectivity index (χ0v) is 20.5. The molecule has 1 aliphatic carbocycles. The van der Waals surface area contributed by atoms with Crippen LogP contribution in [0.25, 0.3) is 0 Å². The molecule has 35 heavy (non-hydrogen) atoms. The van der Waals surface area contributed by atoms with Crippen molar-refractivity contribution in [3.05, 3.63) is 70.2 Å². The minimum atomic E-state index is -0.895. The molecular formula is C26H31N3O5S. The van der Waals surface area contributed by atoms with E-state index in [0.29, 0.717) is 25.5 Å². The molecule has 0 bridgehead atoms. The third-order valence-corrected chi connectivity index (χ3v) is 7.46. The topological polar surface area (TPSA) is 88.2 Å². The van der Waals surface area contributed by atoms with Crippen molar-refractivity contribution < 1.29 is 23.2 Å². The standard InChI is InChI=1S/C26H31N3O5S/c30-25(27-19-5-1-2-6-19)24(22-8-3-13-33-22)29(18-21-7-4-16-35-21)26(31)23-10-9-20(34-23)17-28-11-14-32-15-12-28/h3-4,7-10,13,16,19,24H,1-2,5-6,11-12,14-15,17-18H2,(H,27,30)/t24-/m0/s1. The van der Waals surface area contributed by atoms with Gasteiger partial charge in [-0.3, -0.25) is 14.5 Å². The fourth-order valence-corrected chi connectivity index (χ4v) is 5.47. The molecule has 4 heterocycles. The monoisotopic (exact) mass is 497 g/mol. The average molecular weight is 498 g/mol. The molecule has 1 aliphatic heterocycles. The maximum absolute atomic E-state index is 13.8. The Labute approximate surface area is 208 Å². The summed E-state index contributed by atoms with van der Waals surface area (Å²) in [5.41, 5.74) is 0. The van der Waals surface area contributed by atoms with Crippen molar-refractivity contribution >= 4 is 23.2 Å². The molecule has 0 spiro atoms. The van der Waals surface area contributed by atoms with Gasteiger partial charge in [0.15, 0.2) is 11.8 Å². The van der Waals surface area contributed by atoms with E-state index in [0.717, 1.165) is 49.4 Å². The van der Waals surface area contributed by atoms with E-state index < -0.39 is 6.04 Å². The highest BCUT2D eigenvalue weighted by atomic mass is 32.1. The van der Waals surface area contributed by atoms with Crippen molar-refractivity contribution in [2.24, 2.45) is 0 Å². The lowest BCUT2D eigenvalue weighted by Crippen LogP contribution is -2.45. The van der Waals surface area contributed by atoms with E-state index in [1.807, 2.05) is 23.6 Å². The fraction of sp³-hybridized carbons (Fsp3) is 0.462. The Hall–Kier alpha value is -2.88. The van der Waals surface area contributed by atoms with E-state index in [9.17, 15) is 9.59 Å². The number of nitrogens with zero attached hydrogens (tertiary/aromatic N) is 2. The van der Waals surface area contributed by atoms with E-state index in [-0.39, 0.29) is 30.2 Å². The molecule has 0 unspecified atom stereocenters. The van der Waals surface area contributed by atoms with Gasteiger partial charge < -0.3 is 23.8 Å². The van der Waals surface area contributed by atoms with Crippen LogP contribution in [0.2, 0.25) is 0 Å². The summed E-state index contributed by atoms with van der Waals surface area (Å²) in [6, 6.07) is 10.2. The Kier molecular flexibility index (Phi) is 7.66. The second-order valence-electron chi connectivity index (χ2n) is 9.07. The van der Waals surface area contributed by atoms with Crippen molar-refractivity contribution in [2.75, 3.05) is 26.3 Å². The molecule has 3 aromatic heterocycles. The van der Waals surface area contributed by atoms with Crippen LogP contribution in [0.4, 0.5) is 0 Å². The molecule has 1 N–H and O–H groups in total. The normalized spacial score (nSPS) is 17.9. The summed E-state index contributed by atoms with van der Waals surface area (Å²) in [6.07, 6.45) is 5.66. The zero-order valence-electron chi connectivity index (χ0n) is 19.7. The predicted octanol–water partition coefficient (Wildman–Crippen LogP) is 4.21. The molecule has 5 rings (SSSR count). The second-order valence-corrected chi connectivity index (χ2v) is 10.1. The summed E-state index contributed by atoms with van der Waals surface area (Å²) in [7, 11) is 0. The Morgan fingerprint density at radius 2 is 1.94 bits per heavy atom. The largest absolute Gasteiger partial charge is 0.467 e. The molecule has 1 saturated heterocycles. The number of amides is 2. The number of hydrogen-bond donors (Lipinski definition) is 1. The third kappa shape index (κ3) is 5.86. The predicted molar refractivity (Wildman–Crippen MR) is 131 cm³/mol. The smallest absolute Gasteiger partial charge is 0.290 e. The number of morpholine rings is 1. The van der Waals surface area contributed by atoms with Gasteiger partial charge in [-0.05, 0) is 48.6 Å². The van der Waals surface area contributed by atoms with Crippen molar-refractivity contribution in [3.63, 3.8) is 0 Å². The van der Waals surface area contributed by atoms with Gasteiger partial charge in [0.2, 0.25) is 0 Å². The first-order valence-electron chi connectivity index (χ1n) is 12.2. The van der Waals surface area contributed by atoms with Crippen LogP contribution >= 0.6 is 11.3 Å². The van der Waals surface area contributed by atoms with Gasteiger partial charge in [-0.15, -0.1) is 11.3 Å². The van der Waals surface area contributed by atoms with E-state index >= 15 is 0 Å². The van der Waals surface area contributed by atoms with Gasteiger partial charge in [-0.1, -0.05) is 18.9 Å². The molecule has 0 aromatic carbocycles. The minimum absolute atomic E-state index is 0.127. The van der Waals surface area contributed by atoms with Crippen LogP contribution in [0.3, 0.4) is 0 Å². The number of furan rings is 2. The molecule has 0 radical (unpaired) electrons. The molecular weight excluding hydrogens is 466 g/mol. The first kappa shape index (κ1) is 23.8. The molecule has 3 aromatic rings. The van der Waals surface area contributed by atoms with Crippen LogP contribution in [-0.4, -0.2) is 54.0 Å². The lowest BCUT2D eigenvalue weighted by Gasteiger charge is -2.30. The number of rotatable bonds is 9. The van der Waals surface area contributed by atoms with Gasteiger partial charge >= 0.3 is 0 Å². The summed E-state index contributed by atoms with van der Waals surface area (Å²) in [6.45, 7) is 3.95. The molecule has 1 saturated carbocycles. The first-order valence-corrected chi connectivity index (χ1v) is 13.1. The highest BCUT2D eigenvalue weighted by Crippen LogP contribution is 2.29. The van der Waals surface area contributed by atoms with Crippen LogP contribution in [0.5, 0.6) is 0 Å². The number of hydrogen-bond acceptors (Lipinski definition) is 7. The summed E-state index contributed by atoms with van der Waals surface area (Å²) in [4.78, 5) is 32.2. The third-order valence-electron chi connectivity index (χ3n) is 6.60. The molecule has 2 amide bonds. The summed E-state index contributed by atoms with van der Waals surface area (Å²) >= 11 is 1.55. The van der Waals surface area contributed by atoms with Gasteiger partial charge in [0.25, 0.3) is 11.8 Å². The van der Waals surface area contributed by atoms with Crippen molar-refractivity contribution in [2.45, 2.75) is 50.9 Å². The van der Waals surface area contributed by atoms with E-state index in [4.69, 9.17) is 13.6 Å². The quantitative estimate of drug-likeness (QED) is 0.477. The van der Waals surface area contributed by atoms with Crippen molar-refractivity contribution in [1.82, 2.24) is 15.1 Å². The van der Waals surface area contributed by atoms with Crippen molar-refractivity contribution in [3.8, 4) is 0 Å². The van der Waals surface area contributed by atoms with Crippen LogP contribution in [0.15, 0.2) is 56.9 Å². The SMILES string of the molecule is O=C(NC1CCCC1)[C@H](c1ccco1)N(Cc1cccs1)C(=O)c1ccc(CN2CCOCC2)o1. The molecule has 2 aliphatic rings.